The van der Waals surface area contributed by atoms with Crippen molar-refractivity contribution < 1.29 is 14.3 Å². The third kappa shape index (κ3) is 3.00. The van der Waals surface area contributed by atoms with Gasteiger partial charge in [0.25, 0.3) is 0 Å². The second kappa shape index (κ2) is 6.37. The molecule has 98 valence electrons. The largest absolute Gasteiger partial charge is 0.491 e. The number of benzene rings is 1. The maximum absolute atomic E-state index is 12.0. The van der Waals surface area contributed by atoms with Crippen LogP contribution in [0, 0.1) is 0 Å². The van der Waals surface area contributed by atoms with Crippen molar-refractivity contribution in [3.8, 4) is 5.75 Å². The van der Waals surface area contributed by atoms with Gasteiger partial charge in [0.2, 0.25) is 5.91 Å². The Kier molecular flexibility index (Phi) is 4.55. The summed E-state index contributed by atoms with van der Waals surface area (Å²) in [7, 11) is 0. The van der Waals surface area contributed by atoms with Crippen LogP contribution in [0.15, 0.2) is 24.3 Å². The summed E-state index contributed by atoms with van der Waals surface area (Å²) in [6.07, 6.45) is 0.394. The van der Waals surface area contributed by atoms with Crippen molar-refractivity contribution in [1.29, 1.82) is 0 Å². The van der Waals surface area contributed by atoms with Gasteiger partial charge >= 0.3 is 0 Å². The van der Waals surface area contributed by atoms with Crippen LogP contribution in [0.25, 0.3) is 0 Å². The van der Waals surface area contributed by atoms with E-state index in [4.69, 9.17) is 15.2 Å². The summed E-state index contributed by atoms with van der Waals surface area (Å²) < 4.78 is 10.9. The molecule has 0 saturated heterocycles. The first kappa shape index (κ1) is 12.9. The van der Waals surface area contributed by atoms with Gasteiger partial charge in [0, 0.05) is 13.1 Å². The number of fused-ring (bicyclic) bond motifs is 1. The topological polar surface area (TPSA) is 64.8 Å². The zero-order valence-electron chi connectivity index (χ0n) is 10.3. The highest BCUT2D eigenvalue weighted by Crippen LogP contribution is 2.30. The monoisotopic (exact) mass is 250 g/mol. The summed E-state index contributed by atoms with van der Waals surface area (Å²) in [4.78, 5) is 13.7. The third-order valence-electron chi connectivity index (χ3n) is 2.75. The molecule has 0 atom stereocenters. The Balaban J connectivity index is 2.08. The molecule has 1 aromatic carbocycles. The molecule has 18 heavy (non-hydrogen) atoms. The molecule has 0 bridgehead atoms. The Morgan fingerprint density at radius 3 is 3.00 bits per heavy atom. The predicted octanol–water partition coefficient (Wildman–Crippen LogP) is 0.777. The van der Waals surface area contributed by atoms with E-state index in [0.29, 0.717) is 39.3 Å². The first-order valence-electron chi connectivity index (χ1n) is 6.13. The van der Waals surface area contributed by atoms with E-state index < -0.39 is 0 Å². The van der Waals surface area contributed by atoms with Crippen LogP contribution >= 0.6 is 0 Å². The normalized spacial score (nSPS) is 14.9. The number of amides is 1. The Morgan fingerprint density at radius 1 is 1.33 bits per heavy atom. The van der Waals surface area contributed by atoms with Gasteiger partial charge in [-0.2, -0.15) is 0 Å². The van der Waals surface area contributed by atoms with Crippen LogP contribution in [0.2, 0.25) is 0 Å². The second-order valence-electron chi connectivity index (χ2n) is 4.01. The number of para-hydroxylation sites is 2. The van der Waals surface area contributed by atoms with Gasteiger partial charge in [0.15, 0.2) is 0 Å². The summed E-state index contributed by atoms with van der Waals surface area (Å²) in [5.74, 6) is 0.818. The van der Waals surface area contributed by atoms with Crippen molar-refractivity contribution in [1.82, 2.24) is 0 Å². The van der Waals surface area contributed by atoms with Gasteiger partial charge < -0.3 is 20.1 Å². The molecule has 0 spiro atoms. The summed E-state index contributed by atoms with van der Waals surface area (Å²) in [6.45, 7) is 2.44. The molecular formula is C13H18N2O3. The van der Waals surface area contributed by atoms with Gasteiger partial charge in [0.1, 0.15) is 5.75 Å². The molecule has 1 aliphatic rings. The smallest absolute Gasteiger partial charge is 0.230 e. The number of carbonyl (C=O) groups excluding carboxylic acids is 1. The number of anilines is 1. The van der Waals surface area contributed by atoms with Crippen LogP contribution in [0.1, 0.15) is 6.42 Å². The number of hydrogen-bond donors (Lipinski definition) is 1. The minimum atomic E-state index is 0.0660. The number of carbonyl (C=O) groups is 1. The van der Waals surface area contributed by atoms with E-state index in [1.165, 1.54) is 0 Å². The standard InChI is InChI=1S/C13H18N2O3/c14-6-9-17-10-7-15-11-3-1-2-4-12(11)18-8-5-13(15)16/h1-4H,5-10,14H2. The highest BCUT2D eigenvalue weighted by molar-refractivity contribution is 5.95. The molecule has 0 aliphatic carbocycles. The van der Waals surface area contributed by atoms with Crippen molar-refractivity contribution in [2.75, 3.05) is 37.8 Å². The molecular weight excluding hydrogens is 232 g/mol. The van der Waals surface area contributed by atoms with Gasteiger partial charge in [-0.3, -0.25) is 4.79 Å². The molecule has 0 unspecified atom stereocenters. The van der Waals surface area contributed by atoms with Crippen molar-refractivity contribution in [2.45, 2.75) is 6.42 Å². The van der Waals surface area contributed by atoms with E-state index in [-0.39, 0.29) is 5.91 Å². The fraction of sp³-hybridized carbons (Fsp3) is 0.462. The molecule has 5 heteroatoms. The van der Waals surface area contributed by atoms with Crippen molar-refractivity contribution in [2.24, 2.45) is 5.73 Å². The van der Waals surface area contributed by atoms with E-state index in [0.717, 1.165) is 11.4 Å². The molecule has 0 aromatic heterocycles. The fourth-order valence-corrected chi connectivity index (χ4v) is 1.91. The molecule has 5 nitrogen and oxygen atoms in total. The third-order valence-corrected chi connectivity index (χ3v) is 2.75. The minimum Gasteiger partial charge on any atom is -0.491 e. The fourth-order valence-electron chi connectivity index (χ4n) is 1.91. The molecule has 2 N–H and O–H groups in total. The van der Waals surface area contributed by atoms with Crippen molar-refractivity contribution >= 4 is 11.6 Å². The molecule has 0 radical (unpaired) electrons. The molecule has 0 fully saturated rings. The lowest BCUT2D eigenvalue weighted by Crippen LogP contribution is -2.33. The average molecular weight is 250 g/mol. The number of rotatable bonds is 5. The lowest BCUT2D eigenvalue weighted by molar-refractivity contribution is -0.119. The zero-order valence-corrected chi connectivity index (χ0v) is 10.3. The Bertz CT molecular complexity index is 409. The van der Waals surface area contributed by atoms with E-state index in [1.54, 1.807) is 4.90 Å². The molecule has 1 amide bonds. The van der Waals surface area contributed by atoms with Gasteiger partial charge in [-0.1, -0.05) is 12.1 Å². The van der Waals surface area contributed by atoms with E-state index in [2.05, 4.69) is 0 Å². The number of nitrogens with two attached hydrogens (primary N) is 1. The van der Waals surface area contributed by atoms with Crippen LogP contribution in [-0.2, 0) is 9.53 Å². The maximum atomic E-state index is 12.0. The average Bonchev–Trinajstić information content (AvgIpc) is 2.54. The maximum Gasteiger partial charge on any atom is 0.230 e. The summed E-state index contributed by atoms with van der Waals surface area (Å²) in [6, 6.07) is 7.56. The van der Waals surface area contributed by atoms with Gasteiger partial charge in [-0.15, -0.1) is 0 Å². The Morgan fingerprint density at radius 2 is 2.17 bits per heavy atom. The molecule has 1 heterocycles. The van der Waals surface area contributed by atoms with E-state index in [9.17, 15) is 4.79 Å². The summed E-state index contributed by atoms with van der Waals surface area (Å²) in [5, 5.41) is 0. The Labute approximate surface area is 106 Å². The highest BCUT2D eigenvalue weighted by Gasteiger charge is 2.22. The number of ether oxygens (including phenoxy) is 2. The quantitative estimate of drug-likeness (QED) is 0.784. The van der Waals surface area contributed by atoms with Crippen LogP contribution in [-0.4, -0.2) is 38.8 Å². The predicted molar refractivity (Wildman–Crippen MR) is 68.8 cm³/mol. The summed E-state index contributed by atoms with van der Waals surface area (Å²) in [5.41, 5.74) is 6.17. The van der Waals surface area contributed by atoms with Crippen molar-refractivity contribution in [3.63, 3.8) is 0 Å². The van der Waals surface area contributed by atoms with E-state index >= 15 is 0 Å². The molecule has 2 rings (SSSR count). The van der Waals surface area contributed by atoms with Crippen LogP contribution in [0.4, 0.5) is 5.69 Å². The molecule has 1 aliphatic heterocycles. The van der Waals surface area contributed by atoms with E-state index in [1.807, 2.05) is 24.3 Å². The molecule has 0 saturated carbocycles. The SMILES string of the molecule is NCCOCCN1C(=O)CCOc2ccccc21. The number of nitrogens with zero attached hydrogens (tertiary/aromatic N) is 1. The lowest BCUT2D eigenvalue weighted by Gasteiger charge is -2.21. The minimum absolute atomic E-state index is 0.0660. The number of hydrogen-bond acceptors (Lipinski definition) is 4. The first-order chi connectivity index (χ1) is 8.83. The van der Waals surface area contributed by atoms with Crippen LogP contribution in [0.5, 0.6) is 5.75 Å². The summed E-state index contributed by atoms with van der Waals surface area (Å²) >= 11 is 0. The second-order valence-corrected chi connectivity index (χ2v) is 4.01. The van der Waals surface area contributed by atoms with Crippen LogP contribution < -0.4 is 15.4 Å². The van der Waals surface area contributed by atoms with Gasteiger partial charge in [-0.25, -0.2) is 0 Å². The molecule has 1 aromatic rings. The Hall–Kier alpha value is -1.59. The highest BCUT2D eigenvalue weighted by atomic mass is 16.5. The first-order valence-corrected chi connectivity index (χ1v) is 6.13. The van der Waals surface area contributed by atoms with Crippen molar-refractivity contribution in [3.05, 3.63) is 24.3 Å². The van der Waals surface area contributed by atoms with Crippen LogP contribution in [0.3, 0.4) is 0 Å². The van der Waals surface area contributed by atoms with Gasteiger partial charge in [-0.05, 0) is 12.1 Å². The lowest BCUT2D eigenvalue weighted by atomic mass is 10.2. The van der Waals surface area contributed by atoms with Gasteiger partial charge in [0.05, 0.1) is 31.9 Å². The zero-order chi connectivity index (χ0) is 12.8.